The van der Waals surface area contributed by atoms with Gasteiger partial charge in [0.05, 0.1) is 19.6 Å². The molecule has 0 fully saturated rings. The standard InChI is InChI=1S/C31H31F2NO4/c1-5-37-28(35)14-24-18(3)25-15-34(31(36)20-8-6-9-21(32)12-20)16-26(25)19(4)29(24)23-13-27(33)30-22(17(23)2)10-7-11-38-30/h6,8-9,12-13H,5,7,10-11,14-16H2,1-4H3. The number of carbonyl (C=O) groups is 2. The first-order chi connectivity index (χ1) is 18.2. The number of benzene rings is 3. The SMILES string of the molecule is CCOC(=O)Cc1c(C)c2c(c(C)c1-c1cc(F)c3c(c1C)CCCO3)CN(C(=O)c1cccc(F)c1)C2. The minimum Gasteiger partial charge on any atom is -0.490 e. The highest BCUT2D eigenvalue weighted by Crippen LogP contribution is 2.44. The number of hydrogen-bond acceptors (Lipinski definition) is 4. The lowest BCUT2D eigenvalue weighted by molar-refractivity contribution is -0.142. The lowest BCUT2D eigenvalue weighted by atomic mass is 9.81. The van der Waals surface area contributed by atoms with Crippen molar-refractivity contribution < 1.29 is 27.8 Å². The second-order valence-electron chi connectivity index (χ2n) is 10.0. The highest BCUT2D eigenvalue weighted by Gasteiger charge is 2.32. The van der Waals surface area contributed by atoms with Crippen LogP contribution in [0.4, 0.5) is 8.78 Å². The van der Waals surface area contributed by atoms with Gasteiger partial charge in [0.1, 0.15) is 5.82 Å². The Bertz CT molecular complexity index is 1460. The maximum Gasteiger partial charge on any atom is 0.310 e. The van der Waals surface area contributed by atoms with Gasteiger partial charge in [-0.05, 0) is 109 Å². The molecule has 0 unspecified atom stereocenters. The smallest absolute Gasteiger partial charge is 0.310 e. The first-order valence-corrected chi connectivity index (χ1v) is 13.0. The summed E-state index contributed by atoms with van der Waals surface area (Å²) in [4.78, 5) is 27.7. The molecule has 0 radical (unpaired) electrons. The van der Waals surface area contributed by atoms with Crippen LogP contribution in [-0.2, 0) is 35.5 Å². The third kappa shape index (κ3) is 4.44. The number of hydrogen-bond donors (Lipinski definition) is 0. The Kier molecular flexibility index (Phi) is 6.95. The van der Waals surface area contributed by atoms with Crippen LogP contribution in [-0.4, -0.2) is 30.0 Å². The minimum absolute atomic E-state index is 0.0373. The molecule has 2 aliphatic rings. The van der Waals surface area contributed by atoms with Crippen LogP contribution in [0.2, 0.25) is 0 Å². The van der Waals surface area contributed by atoms with E-state index >= 15 is 4.39 Å². The molecule has 2 heterocycles. The number of halogens is 2. The molecule has 3 aromatic rings. The van der Waals surface area contributed by atoms with Crippen molar-refractivity contribution >= 4 is 11.9 Å². The molecule has 0 saturated heterocycles. The zero-order valence-electron chi connectivity index (χ0n) is 22.2. The molecule has 1 amide bonds. The van der Waals surface area contributed by atoms with Crippen molar-refractivity contribution in [2.75, 3.05) is 13.2 Å². The van der Waals surface area contributed by atoms with E-state index in [1.165, 1.54) is 24.3 Å². The van der Waals surface area contributed by atoms with Crippen LogP contribution in [0, 0.1) is 32.4 Å². The van der Waals surface area contributed by atoms with Crippen LogP contribution in [0.25, 0.3) is 11.1 Å². The molecule has 0 N–H and O–H groups in total. The van der Waals surface area contributed by atoms with Gasteiger partial charge >= 0.3 is 5.97 Å². The van der Waals surface area contributed by atoms with Gasteiger partial charge in [0.2, 0.25) is 0 Å². The van der Waals surface area contributed by atoms with E-state index in [0.717, 1.165) is 62.9 Å². The van der Waals surface area contributed by atoms with Crippen molar-refractivity contribution in [1.82, 2.24) is 4.90 Å². The minimum atomic E-state index is -0.465. The predicted octanol–water partition coefficient (Wildman–Crippen LogP) is 6.14. The Hall–Kier alpha value is -3.74. The van der Waals surface area contributed by atoms with E-state index < -0.39 is 11.6 Å². The average molecular weight is 520 g/mol. The van der Waals surface area contributed by atoms with E-state index in [9.17, 15) is 14.0 Å². The lowest BCUT2D eigenvalue weighted by Crippen LogP contribution is -2.25. The third-order valence-corrected chi connectivity index (χ3v) is 7.79. The van der Waals surface area contributed by atoms with Crippen molar-refractivity contribution in [3.63, 3.8) is 0 Å². The molecule has 5 rings (SSSR count). The molecule has 7 heteroatoms. The third-order valence-electron chi connectivity index (χ3n) is 7.79. The largest absolute Gasteiger partial charge is 0.490 e. The normalized spacial score (nSPS) is 14.1. The van der Waals surface area contributed by atoms with Gasteiger partial charge < -0.3 is 14.4 Å². The lowest BCUT2D eigenvalue weighted by Gasteiger charge is -2.25. The maximum atomic E-state index is 15.3. The van der Waals surface area contributed by atoms with Crippen molar-refractivity contribution in [3.8, 4) is 16.9 Å². The molecule has 0 aliphatic carbocycles. The number of amides is 1. The number of nitrogens with zero attached hydrogens (tertiary/aromatic N) is 1. The first kappa shape index (κ1) is 25.9. The number of esters is 1. The highest BCUT2D eigenvalue weighted by molar-refractivity contribution is 5.95. The second kappa shape index (κ2) is 10.2. The molecule has 3 aromatic carbocycles. The van der Waals surface area contributed by atoms with Crippen molar-refractivity contribution in [2.45, 2.75) is 60.0 Å². The number of ether oxygens (including phenoxy) is 2. The molecule has 0 bridgehead atoms. The van der Waals surface area contributed by atoms with Crippen LogP contribution in [0.3, 0.4) is 0 Å². The zero-order valence-corrected chi connectivity index (χ0v) is 22.2. The average Bonchev–Trinajstić information content (AvgIpc) is 3.36. The summed E-state index contributed by atoms with van der Waals surface area (Å²) >= 11 is 0. The molecule has 0 aromatic heterocycles. The molecule has 198 valence electrons. The summed E-state index contributed by atoms with van der Waals surface area (Å²) < 4.78 is 40.1. The number of carbonyl (C=O) groups excluding carboxylic acids is 2. The summed E-state index contributed by atoms with van der Waals surface area (Å²) in [5.74, 6) is -1.19. The van der Waals surface area contributed by atoms with Crippen molar-refractivity contribution in [2.24, 2.45) is 0 Å². The molecule has 2 aliphatic heterocycles. The predicted molar refractivity (Wildman–Crippen MR) is 140 cm³/mol. The van der Waals surface area contributed by atoms with Crippen LogP contribution in [0.5, 0.6) is 5.75 Å². The molecule has 38 heavy (non-hydrogen) atoms. The van der Waals surface area contributed by atoms with Gasteiger partial charge in [-0.25, -0.2) is 8.78 Å². The number of fused-ring (bicyclic) bond motifs is 2. The molecule has 0 saturated carbocycles. The van der Waals surface area contributed by atoms with Gasteiger partial charge in [-0.3, -0.25) is 9.59 Å². The van der Waals surface area contributed by atoms with Crippen molar-refractivity contribution in [3.05, 3.63) is 86.5 Å². The molecule has 0 atom stereocenters. The molecular weight excluding hydrogens is 488 g/mol. The van der Waals surface area contributed by atoms with Gasteiger partial charge in [-0.2, -0.15) is 0 Å². The Balaban J connectivity index is 1.66. The van der Waals surface area contributed by atoms with E-state index in [0.29, 0.717) is 25.4 Å². The van der Waals surface area contributed by atoms with Crippen LogP contribution < -0.4 is 4.74 Å². The fourth-order valence-corrected chi connectivity index (χ4v) is 5.87. The Morgan fingerprint density at radius 2 is 1.74 bits per heavy atom. The Morgan fingerprint density at radius 1 is 1.00 bits per heavy atom. The summed E-state index contributed by atoms with van der Waals surface area (Å²) in [6.07, 6.45) is 1.57. The quantitative estimate of drug-likeness (QED) is 0.380. The first-order valence-electron chi connectivity index (χ1n) is 13.0. The fraction of sp³-hybridized carbons (Fsp3) is 0.355. The van der Waals surface area contributed by atoms with Gasteiger partial charge in [0, 0.05) is 24.2 Å². The molecule has 0 spiro atoms. The zero-order chi connectivity index (χ0) is 27.1. The van der Waals surface area contributed by atoms with Crippen LogP contribution >= 0.6 is 0 Å². The summed E-state index contributed by atoms with van der Waals surface area (Å²) in [6, 6.07) is 7.18. The van der Waals surface area contributed by atoms with Crippen LogP contribution in [0.1, 0.15) is 62.6 Å². The summed E-state index contributed by atoms with van der Waals surface area (Å²) in [5, 5.41) is 0. The Labute approximate surface area is 221 Å². The van der Waals surface area contributed by atoms with E-state index in [1.54, 1.807) is 17.9 Å². The summed E-state index contributed by atoms with van der Waals surface area (Å²) in [6.45, 7) is 9.08. The summed E-state index contributed by atoms with van der Waals surface area (Å²) in [7, 11) is 0. The van der Waals surface area contributed by atoms with E-state index in [-0.39, 0.29) is 30.5 Å². The van der Waals surface area contributed by atoms with Gasteiger partial charge in [0.25, 0.3) is 5.91 Å². The second-order valence-corrected chi connectivity index (χ2v) is 10.0. The van der Waals surface area contributed by atoms with Crippen molar-refractivity contribution in [1.29, 1.82) is 0 Å². The highest BCUT2D eigenvalue weighted by atomic mass is 19.1. The van der Waals surface area contributed by atoms with Crippen LogP contribution in [0.15, 0.2) is 30.3 Å². The molecular formula is C31H31F2NO4. The Morgan fingerprint density at radius 3 is 2.45 bits per heavy atom. The van der Waals surface area contributed by atoms with Gasteiger partial charge in [-0.1, -0.05) is 6.07 Å². The number of rotatable bonds is 5. The molecule has 5 nitrogen and oxygen atoms in total. The van der Waals surface area contributed by atoms with E-state index in [4.69, 9.17) is 9.47 Å². The van der Waals surface area contributed by atoms with Gasteiger partial charge in [0.15, 0.2) is 11.6 Å². The van der Waals surface area contributed by atoms with Gasteiger partial charge in [-0.15, -0.1) is 0 Å². The maximum absolute atomic E-state index is 15.3. The fourth-order valence-electron chi connectivity index (χ4n) is 5.87. The van der Waals surface area contributed by atoms with E-state index in [1.807, 2.05) is 20.8 Å². The monoisotopic (exact) mass is 519 g/mol. The van der Waals surface area contributed by atoms with E-state index in [2.05, 4.69) is 0 Å². The summed E-state index contributed by atoms with van der Waals surface area (Å²) in [5.41, 5.74) is 8.11. The topological polar surface area (TPSA) is 55.8 Å².